The van der Waals surface area contributed by atoms with Gasteiger partial charge in [-0.1, -0.05) is 19.8 Å². The summed E-state index contributed by atoms with van der Waals surface area (Å²) in [6.45, 7) is 3.37. The van der Waals surface area contributed by atoms with Crippen LogP contribution in [0.2, 0.25) is 0 Å². The molecule has 12 heavy (non-hydrogen) atoms. The van der Waals surface area contributed by atoms with E-state index in [9.17, 15) is 0 Å². The summed E-state index contributed by atoms with van der Waals surface area (Å²) in [5.74, 6) is 3.10. The highest BCUT2D eigenvalue weighted by Gasteiger charge is 2.34. The molecule has 1 aliphatic heterocycles. The lowest BCUT2D eigenvalue weighted by Crippen LogP contribution is -2.30. The zero-order valence-electron chi connectivity index (χ0n) is 7.75. The Kier molecular flexibility index (Phi) is 2.74. The van der Waals surface area contributed by atoms with Crippen molar-refractivity contribution >= 4 is 16.8 Å². The molecule has 0 aromatic rings. The molecule has 1 aliphatic carbocycles. The molecule has 1 nitrogen and oxygen atoms in total. The van der Waals surface area contributed by atoms with Gasteiger partial charge in [-0.2, -0.15) is 0 Å². The van der Waals surface area contributed by atoms with Gasteiger partial charge in [-0.25, -0.2) is 0 Å². The Hall–Kier alpha value is 0.0200. The molecule has 0 spiro atoms. The molecule has 2 unspecified atom stereocenters. The van der Waals surface area contributed by atoms with E-state index >= 15 is 0 Å². The van der Waals surface area contributed by atoms with Gasteiger partial charge in [0, 0.05) is 18.2 Å². The van der Waals surface area contributed by atoms with Crippen molar-refractivity contribution in [2.75, 3.05) is 12.3 Å². The largest absolute Gasteiger partial charge is 0.282 e. The molecule has 2 rings (SSSR count). The number of aliphatic imine (C=N–C) groups is 1. The lowest BCUT2D eigenvalue weighted by atomic mass is 9.72. The van der Waals surface area contributed by atoms with Crippen LogP contribution in [0.4, 0.5) is 0 Å². The molecule has 0 N–H and O–H groups in total. The Morgan fingerprint density at radius 2 is 2.42 bits per heavy atom. The average molecular weight is 183 g/mol. The number of thioether (sulfide) groups is 1. The maximum Gasteiger partial charge on any atom is 0.0710 e. The predicted molar refractivity (Wildman–Crippen MR) is 55.9 cm³/mol. The zero-order valence-corrected chi connectivity index (χ0v) is 8.57. The van der Waals surface area contributed by atoms with E-state index in [2.05, 4.69) is 11.9 Å². The molecule has 2 heteroatoms. The Morgan fingerprint density at radius 1 is 1.50 bits per heavy atom. The van der Waals surface area contributed by atoms with Crippen LogP contribution in [0.25, 0.3) is 0 Å². The Labute approximate surface area is 79.0 Å². The number of rotatable bonds is 3. The summed E-state index contributed by atoms with van der Waals surface area (Å²) in [5.41, 5.74) is 0. The van der Waals surface area contributed by atoms with Crippen molar-refractivity contribution in [3.05, 3.63) is 0 Å². The number of nitrogens with zero attached hydrogens (tertiary/aromatic N) is 1. The molecule has 0 saturated heterocycles. The fourth-order valence-electron chi connectivity index (χ4n) is 2.19. The molecule has 2 atom stereocenters. The molecule has 0 bridgehead atoms. The van der Waals surface area contributed by atoms with E-state index in [0.29, 0.717) is 0 Å². The van der Waals surface area contributed by atoms with Gasteiger partial charge in [0.25, 0.3) is 0 Å². The first-order valence-electron chi connectivity index (χ1n) is 5.09. The van der Waals surface area contributed by atoms with Crippen LogP contribution in [0.15, 0.2) is 4.99 Å². The van der Waals surface area contributed by atoms with Gasteiger partial charge in [-0.3, -0.25) is 4.99 Å². The van der Waals surface area contributed by atoms with Crippen molar-refractivity contribution in [2.45, 2.75) is 32.6 Å². The van der Waals surface area contributed by atoms with Crippen LogP contribution in [0.5, 0.6) is 0 Å². The van der Waals surface area contributed by atoms with Gasteiger partial charge in [0.15, 0.2) is 0 Å². The number of hydrogen-bond donors (Lipinski definition) is 0. The highest BCUT2D eigenvalue weighted by molar-refractivity contribution is 8.14. The quantitative estimate of drug-likeness (QED) is 0.655. The predicted octanol–water partition coefficient (Wildman–Crippen LogP) is 2.96. The van der Waals surface area contributed by atoms with Crippen molar-refractivity contribution < 1.29 is 0 Å². The molecular formula is C10H17NS. The summed E-state index contributed by atoms with van der Waals surface area (Å²) >= 11 is 2.01. The minimum atomic E-state index is 0.873. The van der Waals surface area contributed by atoms with Gasteiger partial charge < -0.3 is 0 Å². The second-order valence-electron chi connectivity index (χ2n) is 3.80. The Bertz CT molecular complexity index is 188. The van der Waals surface area contributed by atoms with Crippen LogP contribution in [0, 0.1) is 11.8 Å². The monoisotopic (exact) mass is 183 g/mol. The standard InChI is InChI=1S/C10H17NS/c1-2-3-8-4-5-9(8)10-11-6-7-12-10/h8-9H,2-7H2,1H3. The SMILES string of the molecule is CCCC1CCC1C1=NCCS1. The summed E-state index contributed by atoms with van der Waals surface area (Å²) in [4.78, 5) is 4.57. The van der Waals surface area contributed by atoms with E-state index in [-0.39, 0.29) is 0 Å². The van der Waals surface area contributed by atoms with Gasteiger partial charge in [-0.15, -0.1) is 11.8 Å². The third-order valence-corrected chi connectivity index (χ3v) is 4.12. The smallest absolute Gasteiger partial charge is 0.0710 e. The van der Waals surface area contributed by atoms with Crippen molar-refractivity contribution in [1.29, 1.82) is 0 Å². The van der Waals surface area contributed by atoms with Crippen molar-refractivity contribution in [1.82, 2.24) is 0 Å². The minimum absolute atomic E-state index is 0.873. The van der Waals surface area contributed by atoms with Gasteiger partial charge in [-0.05, 0) is 18.8 Å². The average Bonchev–Trinajstić information content (AvgIpc) is 2.51. The fourth-order valence-corrected chi connectivity index (χ4v) is 3.29. The van der Waals surface area contributed by atoms with Crippen molar-refractivity contribution in [3.8, 4) is 0 Å². The van der Waals surface area contributed by atoms with Gasteiger partial charge in [0.05, 0.1) is 5.04 Å². The van der Waals surface area contributed by atoms with E-state index in [1.807, 2.05) is 11.8 Å². The Balaban J connectivity index is 1.87. The van der Waals surface area contributed by atoms with Crippen LogP contribution in [0.3, 0.4) is 0 Å². The second kappa shape index (κ2) is 3.82. The van der Waals surface area contributed by atoms with Crippen LogP contribution in [0.1, 0.15) is 32.6 Å². The molecule has 1 heterocycles. The van der Waals surface area contributed by atoms with Crippen LogP contribution in [-0.4, -0.2) is 17.3 Å². The highest BCUT2D eigenvalue weighted by Crippen LogP contribution is 2.42. The van der Waals surface area contributed by atoms with Gasteiger partial charge in [0.1, 0.15) is 0 Å². The molecule has 0 aromatic heterocycles. The molecule has 0 aromatic carbocycles. The summed E-state index contributed by atoms with van der Waals surface area (Å²) < 4.78 is 0. The van der Waals surface area contributed by atoms with Crippen molar-refractivity contribution in [3.63, 3.8) is 0 Å². The summed E-state index contributed by atoms with van der Waals surface area (Å²) in [7, 11) is 0. The molecule has 68 valence electrons. The summed E-state index contributed by atoms with van der Waals surface area (Å²) in [5, 5.41) is 1.49. The van der Waals surface area contributed by atoms with Gasteiger partial charge >= 0.3 is 0 Å². The molecule has 1 saturated carbocycles. The summed E-state index contributed by atoms with van der Waals surface area (Å²) in [6, 6.07) is 0. The normalized spacial score (nSPS) is 34.6. The fraction of sp³-hybridized carbons (Fsp3) is 0.900. The third-order valence-electron chi connectivity index (χ3n) is 3.00. The van der Waals surface area contributed by atoms with E-state index in [1.165, 1.54) is 36.5 Å². The zero-order chi connectivity index (χ0) is 8.39. The molecule has 2 aliphatic rings. The lowest BCUT2D eigenvalue weighted by molar-refractivity contribution is 0.232. The van der Waals surface area contributed by atoms with E-state index in [0.717, 1.165) is 18.4 Å². The third kappa shape index (κ3) is 1.54. The number of hydrogen-bond acceptors (Lipinski definition) is 2. The molecule has 0 amide bonds. The first-order valence-corrected chi connectivity index (χ1v) is 6.07. The second-order valence-corrected chi connectivity index (χ2v) is 4.92. The van der Waals surface area contributed by atoms with Crippen molar-refractivity contribution in [2.24, 2.45) is 16.8 Å². The van der Waals surface area contributed by atoms with Crippen LogP contribution >= 0.6 is 11.8 Å². The highest BCUT2D eigenvalue weighted by atomic mass is 32.2. The van der Waals surface area contributed by atoms with Crippen LogP contribution < -0.4 is 0 Å². The Morgan fingerprint density at radius 3 is 2.92 bits per heavy atom. The van der Waals surface area contributed by atoms with E-state index < -0.39 is 0 Å². The molecule has 1 fully saturated rings. The maximum absolute atomic E-state index is 4.57. The van der Waals surface area contributed by atoms with Crippen LogP contribution in [-0.2, 0) is 0 Å². The summed E-state index contributed by atoms with van der Waals surface area (Å²) in [6.07, 6.45) is 5.64. The molecular weight excluding hydrogens is 166 g/mol. The van der Waals surface area contributed by atoms with E-state index in [4.69, 9.17) is 0 Å². The molecule has 0 radical (unpaired) electrons. The minimum Gasteiger partial charge on any atom is -0.282 e. The first kappa shape index (κ1) is 8.61. The van der Waals surface area contributed by atoms with Gasteiger partial charge in [0.2, 0.25) is 0 Å². The topological polar surface area (TPSA) is 12.4 Å². The maximum atomic E-state index is 4.57. The lowest BCUT2D eigenvalue weighted by Gasteiger charge is -2.36. The van der Waals surface area contributed by atoms with E-state index in [1.54, 1.807) is 0 Å². The first-order chi connectivity index (χ1) is 5.92.